The van der Waals surface area contributed by atoms with Crippen molar-refractivity contribution in [1.82, 2.24) is 19.5 Å². The Balaban J connectivity index is 1.72. The van der Waals surface area contributed by atoms with Gasteiger partial charge in [0, 0.05) is 24.3 Å². The smallest absolute Gasteiger partial charge is 0.330 e. The molecule has 2 heterocycles. The van der Waals surface area contributed by atoms with Crippen LogP contribution in [0, 0.1) is 0 Å². The average molecular weight is 255 g/mol. The Labute approximate surface area is 109 Å². The number of aromatic nitrogens is 4. The van der Waals surface area contributed by atoms with Gasteiger partial charge in [-0.25, -0.2) is 9.78 Å². The van der Waals surface area contributed by atoms with Crippen molar-refractivity contribution in [1.29, 1.82) is 0 Å². The summed E-state index contributed by atoms with van der Waals surface area (Å²) < 4.78 is 1.55. The summed E-state index contributed by atoms with van der Waals surface area (Å²) in [6.45, 7) is 0.684. The maximum atomic E-state index is 11.5. The van der Waals surface area contributed by atoms with E-state index in [-0.39, 0.29) is 5.69 Å². The van der Waals surface area contributed by atoms with Crippen LogP contribution in [-0.4, -0.2) is 19.5 Å². The standard InChI is InChI=1S/C13H13N5O/c19-13-15-5-6-18(13)12-3-1-10(2-4-12)16-8-11-7-14-9-17-11/h1-7,9,16H,8H2,(H,14,17)(H,15,19). The van der Waals surface area contributed by atoms with E-state index in [1.165, 1.54) is 0 Å². The second-order valence-corrected chi connectivity index (χ2v) is 4.11. The van der Waals surface area contributed by atoms with Gasteiger partial charge < -0.3 is 15.3 Å². The number of rotatable bonds is 4. The summed E-state index contributed by atoms with van der Waals surface area (Å²) in [6, 6.07) is 7.66. The lowest BCUT2D eigenvalue weighted by Gasteiger charge is -2.06. The van der Waals surface area contributed by atoms with Crippen molar-refractivity contribution < 1.29 is 0 Å². The van der Waals surface area contributed by atoms with Crippen molar-refractivity contribution in [2.45, 2.75) is 6.54 Å². The van der Waals surface area contributed by atoms with Gasteiger partial charge in [0.25, 0.3) is 0 Å². The molecular weight excluding hydrogens is 242 g/mol. The van der Waals surface area contributed by atoms with Gasteiger partial charge >= 0.3 is 5.69 Å². The van der Waals surface area contributed by atoms with E-state index in [4.69, 9.17) is 0 Å². The van der Waals surface area contributed by atoms with Crippen LogP contribution in [-0.2, 0) is 6.54 Å². The van der Waals surface area contributed by atoms with Crippen molar-refractivity contribution in [2.75, 3.05) is 5.32 Å². The molecule has 1 aromatic carbocycles. The number of benzene rings is 1. The molecule has 3 N–H and O–H groups in total. The number of hydrogen-bond acceptors (Lipinski definition) is 3. The van der Waals surface area contributed by atoms with Crippen molar-refractivity contribution >= 4 is 5.69 Å². The highest BCUT2D eigenvalue weighted by atomic mass is 16.1. The van der Waals surface area contributed by atoms with Crippen LogP contribution in [0.4, 0.5) is 5.69 Å². The summed E-state index contributed by atoms with van der Waals surface area (Å²) >= 11 is 0. The summed E-state index contributed by atoms with van der Waals surface area (Å²) in [7, 11) is 0. The molecule has 6 heteroatoms. The minimum atomic E-state index is -0.141. The van der Waals surface area contributed by atoms with Gasteiger partial charge in [0.2, 0.25) is 0 Å². The molecule has 96 valence electrons. The summed E-state index contributed by atoms with van der Waals surface area (Å²) in [5.74, 6) is 0. The van der Waals surface area contributed by atoms with Gasteiger partial charge in [-0.1, -0.05) is 0 Å². The lowest BCUT2D eigenvalue weighted by Crippen LogP contribution is -2.13. The number of aromatic amines is 2. The molecule has 0 unspecified atom stereocenters. The van der Waals surface area contributed by atoms with E-state index in [1.807, 2.05) is 24.3 Å². The predicted molar refractivity (Wildman–Crippen MR) is 72.3 cm³/mol. The number of imidazole rings is 2. The first kappa shape index (κ1) is 11.3. The summed E-state index contributed by atoms with van der Waals surface area (Å²) in [4.78, 5) is 21.1. The third kappa shape index (κ3) is 2.42. The van der Waals surface area contributed by atoms with Crippen LogP contribution in [0.5, 0.6) is 0 Å². The molecule has 0 aliphatic carbocycles. The second-order valence-electron chi connectivity index (χ2n) is 4.11. The van der Waals surface area contributed by atoms with Gasteiger partial charge in [0.1, 0.15) is 0 Å². The highest BCUT2D eigenvalue weighted by Crippen LogP contribution is 2.12. The zero-order chi connectivity index (χ0) is 13.1. The maximum absolute atomic E-state index is 11.5. The fourth-order valence-electron chi connectivity index (χ4n) is 1.84. The maximum Gasteiger partial charge on any atom is 0.330 e. The molecule has 0 amide bonds. The van der Waals surface area contributed by atoms with E-state index >= 15 is 0 Å². The second kappa shape index (κ2) is 4.85. The van der Waals surface area contributed by atoms with Gasteiger partial charge in [-0.3, -0.25) is 4.57 Å². The summed E-state index contributed by atoms with van der Waals surface area (Å²) in [6.07, 6.45) is 6.75. The van der Waals surface area contributed by atoms with Crippen LogP contribution in [0.2, 0.25) is 0 Å². The molecule has 0 bridgehead atoms. The molecular formula is C13H13N5O. The Morgan fingerprint density at radius 1 is 1.21 bits per heavy atom. The Morgan fingerprint density at radius 2 is 2.05 bits per heavy atom. The van der Waals surface area contributed by atoms with E-state index in [0.717, 1.165) is 17.1 Å². The zero-order valence-corrected chi connectivity index (χ0v) is 10.1. The number of hydrogen-bond donors (Lipinski definition) is 3. The largest absolute Gasteiger partial charge is 0.379 e. The van der Waals surface area contributed by atoms with Crippen LogP contribution in [0.15, 0.2) is 54.0 Å². The van der Waals surface area contributed by atoms with Crippen LogP contribution in [0.3, 0.4) is 0 Å². The molecule has 0 fully saturated rings. The number of nitrogens with one attached hydrogen (secondary N) is 3. The minimum absolute atomic E-state index is 0.141. The number of nitrogens with zero attached hydrogens (tertiary/aromatic N) is 2. The van der Waals surface area contributed by atoms with Gasteiger partial charge in [0.05, 0.1) is 24.3 Å². The molecule has 0 saturated carbocycles. The first-order chi connectivity index (χ1) is 9.33. The quantitative estimate of drug-likeness (QED) is 0.661. The molecule has 2 aromatic heterocycles. The normalized spacial score (nSPS) is 10.5. The Morgan fingerprint density at radius 3 is 2.68 bits per heavy atom. The van der Waals surface area contributed by atoms with E-state index in [0.29, 0.717) is 6.54 Å². The SMILES string of the molecule is O=c1[nH]ccn1-c1ccc(NCc2cnc[nH]2)cc1. The van der Waals surface area contributed by atoms with Crippen LogP contribution in [0.1, 0.15) is 5.69 Å². The molecule has 3 rings (SSSR count). The van der Waals surface area contributed by atoms with Gasteiger partial charge in [-0.2, -0.15) is 0 Å². The third-order valence-corrected chi connectivity index (χ3v) is 2.83. The van der Waals surface area contributed by atoms with E-state index in [9.17, 15) is 4.79 Å². The van der Waals surface area contributed by atoms with Crippen molar-refractivity contribution in [3.8, 4) is 5.69 Å². The van der Waals surface area contributed by atoms with E-state index in [2.05, 4.69) is 20.3 Å². The highest BCUT2D eigenvalue weighted by molar-refractivity contribution is 5.48. The van der Waals surface area contributed by atoms with E-state index < -0.39 is 0 Å². The van der Waals surface area contributed by atoms with Crippen LogP contribution in [0.25, 0.3) is 5.69 Å². The first-order valence-corrected chi connectivity index (χ1v) is 5.90. The van der Waals surface area contributed by atoms with Gasteiger partial charge in [-0.15, -0.1) is 0 Å². The average Bonchev–Trinajstić information content (AvgIpc) is 3.08. The topological polar surface area (TPSA) is 78.5 Å². The number of H-pyrrole nitrogens is 2. The van der Waals surface area contributed by atoms with Crippen molar-refractivity contribution in [3.05, 3.63) is 65.4 Å². The fourth-order valence-corrected chi connectivity index (χ4v) is 1.84. The lowest BCUT2D eigenvalue weighted by atomic mass is 10.2. The molecule has 0 saturated heterocycles. The number of anilines is 1. The zero-order valence-electron chi connectivity index (χ0n) is 10.1. The lowest BCUT2D eigenvalue weighted by molar-refractivity contribution is 0.986. The minimum Gasteiger partial charge on any atom is -0.379 e. The molecule has 19 heavy (non-hydrogen) atoms. The molecule has 0 radical (unpaired) electrons. The molecule has 0 spiro atoms. The molecule has 0 atom stereocenters. The highest BCUT2D eigenvalue weighted by Gasteiger charge is 2.00. The molecule has 0 aliphatic rings. The molecule has 0 aliphatic heterocycles. The monoisotopic (exact) mass is 255 g/mol. The Hall–Kier alpha value is -2.76. The molecule has 6 nitrogen and oxygen atoms in total. The van der Waals surface area contributed by atoms with Crippen molar-refractivity contribution in [3.63, 3.8) is 0 Å². The van der Waals surface area contributed by atoms with Crippen LogP contribution >= 0.6 is 0 Å². The first-order valence-electron chi connectivity index (χ1n) is 5.90. The van der Waals surface area contributed by atoms with Gasteiger partial charge in [-0.05, 0) is 24.3 Å². The fraction of sp³-hybridized carbons (Fsp3) is 0.0769. The van der Waals surface area contributed by atoms with Crippen molar-refractivity contribution in [2.24, 2.45) is 0 Å². The Bertz CT molecular complexity index is 693. The molecule has 3 aromatic rings. The van der Waals surface area contributed by atoms with Crippen LogP contribution < -0.4 is 11.0 Å². The van der Waals surface area contributed by atoms with E-state index in [1.54, 1.807) is 29.5 Å². The summed E-state index contributed by atoms with van der Waals surface area (Å²) in [5.41, 5.74) is 2.70. The Kier molecular flexibility index (Phi) is 2.89. The third-order valence-electron chi connectivity index (χ3n) is 2.83. The predicted octanol–water partition coefficient (Wildman–Crippen LogP) is 1.50. The summed E-state index contributed by atoms with van der Waals surface area (Å²) in [5, 5.41) is 3.27. The van der Waals surface area contributed by atoms with Gasteiger partial charge in [0.15, 0.2) is 0 Å².